The van der Waals surface area contributed by atoms with E-state index in [1.165, 1.54) is 32.3 Å². The Morgan fingerprint density at radius 3 is 2.81 bits per heavy atom. The van der Waals surface area contributed by atoms with E-state index in [0.29, 0.717) is 5.15 Å². The molecule has 16 heavy (non-hydrogen) atoms. The first-order valence-corrected chi connectivity index (χ1v) is 6.04. The van der Waals surface area contributed by atoms with E-state index in [0.717, 1.165) is 18.9 Å². The van der Waals surface area contributed by atoms with Gasteiger partial charge in [-0.15, -0.1) is 0 Å². The molecular formula is C11H17ClN4. The zero-order valence-electron chi connectivity index (χ0n) is 9.56. The molecule has 0 spiro atoms. The fraction of sp³-hybridized carbons (Fsp3) is 0.636. The maximum absolute atomic E-state index is 5.83. The smallest absolute Gasteiger partial charge is 0.134 e. The average Bonchev–Trinajstić information content (AvgIpc) is 2.78. The number of likely N-dealkylation sites (N-methyl/N-ethyl adjacent to an activating group) is 1. The predicted octanol–water partition coefficient (Wildman–Crippen LogP) is 1.66. The molecule has 88 valence electrons. The van der Waals surface area contributed by atoms with Gasteiger partial charge in [-0.2, -0.15) is 0 Å². The zero-order chi connectivity index (χ0) is 11.4. The van der Waals surface area contributed by atoms with Crippen LogP contribution in [0.1, 0.15) is 12.8 Å². The summed E-state index contributed by atoms with van der Waals surface area (Å²) in [5.41, 5.74) is 0. The van der Waals surface area contributed by atoms with E-state index in [2.05, 4.69) is 19.8 Å². The Labute approximate surface area is 101 Å². The summed E-state index contributed by atoms with van der Waals surface area (Å²) in [4.78, 5) is 12.7. The largest absolute Gasteiger partial charge is 0.358 e. The topological polar surface area (TPSA) is 32.3 Å². The van der Waals surface area contributed by atoms with Crippen LogP contribution in [0.5, 0.6) is 0 Å². The molecule has 2 rings (SSSR count). The van der Waals surface area contributed by atoms with Crippen molar-refractivity contribution in [3.05, 3.63) is 17.5 Å². The molecule has 5 heteroatoms. The van der Waals surface area contributed by atoms with Crippen LogP contribution in [0.15, 0.2) is 12.4 Å². The molecule has 2 heterocycles. The van der Waals surface area contributed by atoms with Gasteiger partial charge < -0.3 is 9.80 Å². The van der Waals surface area contributed by atoms with Crippen LogP contribution < -0.4 is 4.90 Å². The van der Waals surface area contributed by atoms with Gasteiger partial charge in [0.1, 0.15) is 17.3 Å². The molecule has 0 aliphatic carbocycles. The van der Waals surface area contributed by atoms with Gasteiger partial charge >= 0.3 is 0 Å². The molecule has 1 aromatic rings. The number of nitrogens with zero attached hydrogens (tertiary/aromatic N) is 4. The van der Waals surface area contributed by atoms with E-state index in [4.69, 9.17) is 11.6 Å². The van der Waals surface area contributed by atoms with Crippen molar-refractivity contribution in [2.24, 2.45) is 0 Å². The number of likely N-dealkylation sites (tertiary alicyclic amines) is 1. The highest BCUT2D eigenvalue weighted by molar-refractivity contribution is 6.29. The third kappa shape index (κ3) is 3.06. The highest BCUT2D eigenvalue weighted by Crippen LogP contribution is 2.13. The lowest BCUT2D eigenvalue weighted by Gasteiger charge is -2.22. The van der Waals surface area contributed by atoms with Gasteiger partial charge in [0.05, 0.1) is 0 Å². The average molecular weight is 241 g/mol. The van der Waals surface area contributed by atoms with E-state index >= 15 is 0 Å². The summed E-state index contributed by atoms with van der Waals surface area (Å²) < 4.78 is 0. The molecule has 1 aliphatic heterocycles. The highest BCUT2D eigenvalue weighted by Gasteiger charge is 2.12. The van der Waals surface area contributed by atoms with Gasteiger partial charge in [0, 0.05) is 26.2 Å². The predicted molar refractivity (Wildman–Crippen MR) is 66.0 cm³/mol. The Kier molecular flexibility index (Phi) is 3.96. The highest BCUT2D eigenvalue weighted by atomic mass is 35.5. The van der Waals surface area contributed by atoms with Gasteiger partial charge in [-0.05, 0) is 25.9 Å². The van der Waals surface area contributed by atoms with Crippen LogP contribution in [0.2, 0.25) is 5.15 Å². The summed E-state index contributed by atoms with van der Waals surface area (Å²) in [5, 5.41) is 0.498. The van der Waals surface area contributed by atoms with E-state index in [1.54, 1.807) is 6.07 Å². The second kappa shape index (κ2) is 5.46. The molecule has 1 saturated heterocycles. The van der Waals surface area contributed by atoms with Crippen molar-refractivity contribution >= 4 is 17.4 Å². The van der Waals surface area contributed by atoms with E-state index < -0.39 is 0 Å². The SMILES string of the molecule is CN(CCN1CCCC1)c1cc(Cl)ncn1. The lowest BCUT2D eigenvalue weighted by atomic mass is 10.4. The van der Waals surface area contributed by atoms with Crippen LogP contribution in [0.3, 0.4) is 0 Å². The van der Waals surface area contributed by atoms with E-state index in [9.17, 15) is 0 Å². The summed E-state index contributed by atoms with van der Waals surface area (Å²) in [7, 11) is 2.04. The molecule has 0 atom stereocenters. The minimum atomic E-state index is 0.498. The van der Waals surface area contributed by atoms with Crippen LogP contribution in [-0.4, -0.2) is 48.1 Å². The fourth-order valence-electron chi connectivity index (χ4n) is 1.95. The van der Waals surface area contributed by atoms with Crippen molar-refractivity contribution in [3.63, 3.8) is 0 Å². The van der Waals surface area contributed by atoms with Gasteiger partial charge in [-0.1, -0.05) is 11.6 Å². The van der Waals surface area contributed by atoms with Crippen molar-refractivity contribution in [1.82, 2.24) is 14.9 Å². The number of hydrogen-bond donors (Lipinski definition) is 0. The maximum atomic E-state index is 5.83. The Morgan fingerprint density at radius 1 is 1.38 bits per heavy atom. The Balaban J connectivity index is 1.85. The minimum absolute atomic E-state index is 0.498. The molecule has 0 aromatic carbocycles. The first-order valence-electron chi connectivity index (χ1n) is 5.67. The fourth-order valence-corrected chi connectivity index (χ4v) is 2.09. The Hall–Kier alpha value is -0.870. The lowest BCUT2D eigenvalue weighted by Crippen LogP contribution is -2.31. The zero-order valence-corrected chi connectivity index (χ0v) is 10.3. The summed E-state index contributed by atoms with van der Waals surface area (Å²) >= 11 is 5.83. The number of aromatic nitrogens is 2. The van der Waals surface area contributed by atoms with Gasteiger partial charge in [-0.25, -0.2) is 9.97 Å². The summed E-state index contributed by atoms with van der Waals surface area (Å²) in [6.45, 7) is 4.54. The molecular weight excluding hydrogens is 224 g/mol. The summed E-state index contributed by atoms with van der Waals surface area (Å²) in [6.07, 6.45) is 4.18. The van der Waals surface area contributed by atoms with Crippen molar-refractivity contribution in [2.45, 2.75) is 12.8 Å². The molecule has 4 nitrogen and oxygen atoms in total. The summed E-state index contributed by atoms with van der Waals surface area (Å²) in [5.74, 6) is 0.888. The van der Waals surface area contributed by atoms with Gasteiger partial charge in [-0.3, -0.25) is 0 Å². The van der Waals surface area contributed by atoms with E-state index in [1.807, 2.05) is 7.05 Å². The van der Waals surface area contributed by atoms with Crippen LogP contribution in [0, 0.1) is 0 Å². The first kappa shape index (κ1) is 11.6. The van der Waals surface area contributed by atoms with Crippen molar-refractivity contribution in [1.29, 1.82) is 0 Å². The molecule has 0 saturated carbocycles. The van der Waals surface area contributed by atoms with Crippen LogP contribution in [0.25, 0.3) is 0 Å². The van der Waals surface area contributed by atoms with Crippen molar-refractivity contribution < 1.29 is 0 Å². The Bertz CT molecular complexity index is 339. The molecule has 0 radical (unpaired) electrons. The molecule has 1 aromatic heterocycles. The Morgan fingerprint density at radius 2 is 2.12 bits per heavy atom. The molecule has 1 aliphatic rings. The number of halogens is 1. The number of rotatable bonds is 4. The van der Waals surface area contributed by atoms with Crippen LogP contribution >= 0.6 is 11.6 Å². The van der Waals surface area contributed by atoms with Gasteiger partial charge in [0.2, 0.25) is 0 Å². The van der Waals surface area contributed by atoms with Crippen molar-refractivity contribution in [2.75, 3.05) is 38.1 Å². The van der Waals surface area contributed by atoms with Gasteiger partial charge in [0.25, 0.3) is 0 Å². The quantitative estimate of drug-likeness (QED) is 0.750. The number of anilines is 1. The molecule has 0 amide bonds. The monoisotopic (exact) mass is 240 g/mol. The van der Waals surface area contributed by atoms with Gasteiger partial charge in [0.15, 0.2) is 0 Å². The molecule has 0 N–H and O–H groups in total. The second-order valence-corrected chi connectivity index (χ2v) is 4.56. The maximum Gasteiger partial charge on any atom is 0.134 e. The normalized spacial score (nSPS) is 16.6. The molecule has 0 unspecified atom stereocenters. The standard InChI is InChI=1S/C11H17ClN4/c1-15(6-7-16-4-2-3-5-16)11-8-10(12)13-9-14-11/h8-9H,2-7H2,1H3. The van der Waals surface area contributed by atoms with E-state index in [-0.39, 0.29) is 0 Å². The van der Waals surface area contributed by atoms with Crippen molar-refractivity contribution in [3.8, 4) is 0 Å². The second-order valence-electron chi connectivity index (χ2n) is 4.17. The summed E-state index contributed by atoms with van der Waals surface area (Å²) in [6, 6.07) is 1.80. The lowest BCUT2D eigenvalue weighted by molar-refractivity contribution is 0.346. The third-order valence-corrected chi connectivity index (χ3v) is 3.17. The molecule has 1 fully saturated rings. The number of hydrogen-bond acceptors (Lipinski definition) is 4. The molecule has 0 bridgehead atoms. The minimum Gasteiger partial charge on any atom is -0.358 e. The third-order valence-electron chi connectivity index (χ3n) is 2.96. The van der Waals surface area contributed by atoms with Crippen LogP contribution in [0.4, 0.5) is 5.82 Å². The van der Waals surface area contributed by atoms with Crippen LogP contribution in [-0.2, 0) is 0 Å². The first-order chi connectivity index (χ1) is 7.75.